The van der Waals surface area contributed by atoms with Gasteiger partial charge < -0.3 is 19.9 Å². The Morgan fingerprint density at radius 1 is 1.11 bits per heavy atom. The summed E-state index contributed by atoms with van der Waals surface area (Å²) >= 11 is 0. The van der Waals surface area contributed by atoms with Crippen LogP contribution in [0, 0.1) is 0 Å². The van der Waals surface area contributed by atoms with E-state index >= 15 is 0 Å². The van der Waals surface area contributed by atoms with E-state index in [-0.39, 0.29) is 32.1 Å². The van der Waals surface area contributed by atoms with Crippen molar-refractivity contribution >= 4 is 17.7 Å². The molecule has 2 aromatic rings. The lowest BCUT2D eigenvalue weighted by Gasteiger charge is -2.34. The molecule has 10 nitrogen and oxygen atoms in total. The van der Waals surface area contributed by atoms with Crippen LogP contribution in [0.15, 0.2) is 35.3 Å². The topological polar surface area (TPSA) is 116 Å². The lowest BCUT2D eigenvalue weighted by Crippen LogP contribution is -2.49. The van der Waals surface area contributed by atoms with Crippen molar-refractivity contribution in [1.29, 1.82) is 0 Å². The molecule has 0 spiro atoms. The molecule has 1 aliphatic rings. The first kappa shape index (κ1) is 27.7. The maximum atomic E-state index is 14.2. The number of rotatable bonds is 6. The number of aromatic amines is 1. The zero-order chi connectivity index (χ0) is 27.4. The van der Waals surface area contributed by atoms with Crippen molar-refractivity contribution in [2.45, 2.75) is 25.3 Å². The molecule has 0 radical (unpaired) electrons. The molecule has 1 unspecified atom stereocenters. The monoisotopic (exact) mass is 539 g/mol. The number of halogens is 7. The van der Waals surface area contributed by atoms with Crippen LogP contribution in [-0.2, 0) is 17.1 Å². The summed E-state index contributed by atoms with van der Waals surface area (Å²) in [4.78, 5) is 33.9. The molecule has 37 heavy (non-hydrogen) atoms. The fourth-order valence-electron chi connectivity index (χ4n) is 3.34. The Morgan fingerprint density at radius 2 is 1.73 bits per heavy atom. The van der Waals surface area contributed by atoms with Gasteiger partial charge in [-0.15, -0.1) is 0 Å². The van der Waals surface area contributed by atoms with Gasteiger partial charge in [-0.1, -0.05) is 0 Å². The molecule has 1 aliphatic heterocycles. The van der Waals surface area contributed by atoms with Crippen molar-refractivity contribution in [1.82, 2.24) is 25.1 Å². The molecular formula is C20H20F7N7O3. The summed E-state index contributed by atoms with van der Waals surface area (Å²) in [5, 5.41) is 7.29. The largest absolute Gasteiger partial charge is 0.442 e. The highest BCUT2D eigenvalue weighted by molar-refractivity contribution is 5.68. The second-order valence-corrected chi connectivity index (χ2v) is 7.83. The van der Waals surface area contributed by atoms with Gasteiger partial charge in [0.1, 0.15) is 18.0 Å². The summed E-state index contributed by atoms with van der Waals surface area (Å²) < 4.78 is 96.3. The van der Waals surface area contributed by atoms with E-state index < -0.39 is 59.3 Å². The number of piperazine rings is 1. The molecule has 1 amide bonds. The Bertz CT molecular complexity index is 1170. The highest BCUT2D eigenvalue weighted by Gasteiger charge is 2.37. The van der Waals surface area contributed by atoms with E-state index in [0.29, 0.717) is 12.4 Å². The van der Waals surface area contributed by atoms with Crippen molar-refractivity contribution in [3.8, 4) is 0 Å². The van der Waals surface area contributed by atoms with Gasteiger partial charge in [-0.3, -0.25) is 4.79 Å². The maximum Gasteiger partial charge on any atom is 0.423 e. The molecule has 2 aromatic heterocycles. The van der Waals surface area contributed by atoms with Crippen molar-refractivity contribution in [2.24, 2.45) is 0 Å². The van der Waals surface area contributed by atoms with Crippen LogP contribution in [-0.4, -0.2) is 70.0 Å². The van der Waals surface area contributed by atoms with Crippen LogP contribution in [0.25, 0.3) is 0 Å². The van der Waals surface area contributed by atoms with E-state index in [1.807, 2.05) is 0 Å². The van der Waals surface area contributed by atoms with Gasteiger partial charge in [-0.2, -0.15) is 31.4 Å². The number of aromatic nitrogens is 4. The van der Waals surface area contributed by atoms with Crippen LogP contribution >= 0.6 is 0 Å². The minimum atomic E-state index is -4.97. The first-order valence-electron chi connectivity index (χ1n) is 10.6. The second-order valence-electron chi connectivity index (χ2n) is 7.83. The van der Waals surface area contributed by atoms with Crippen molar-refractivity contribution < 1.29 is 40.3 Å². The van der Waals surface area contributed by atoms with Gasteiger partial charge >= 0.3 is 18.4 Å². The summed E-state index contributed by atoms with van der Waals surface area (Å²) in [6, 6.07) is -1.03. The SMILES string of the molecule is CC(/C=C(\F)COC(=O)N1CCN(c2ncc(C(F)(F)F)cn2)CC1)Nc1cn[nH]c(=O)c1C(F)(F)F. The summed E-state index contributed by atoms with van der Waals surface area (Å²) in [5.74, 6) is -0.905. The molecule has 0 saturated carbocycles. The Labute approximate surface area is 204 Å². The average Bonchev–Trinajstić information content (AvgIpc) is 2.81. The summed E-state index contributed by atoms with van der Waals surface area (Å²) in [6.45, 7) is 1.08. The maximum absolute atomic E-state index is 14.2. The molecule has 0 aromatic carbocycles. The van der Waals surface area contributed by atoms with Gasteiger partial charge in [0.05, 0.1) is 17.4 Å². The van der Waals surface area contributed by atoms with Crippen LogP contribution in [0.5, 0.6) is 0 Å². The van der Waals surface area contributed by atoms with Gasteiger partial charge in [0.25, 0.3) is 5.56 Å². The van der Waals surface area contributed by atoms with Crippen molar-refractivity contribution in [2.75, 3.05) is 43.0 Å². The molecule has 17 heteroatoms. The quantitative estimate of drug-likeness (QED) is 0.538. The molecule has 202 valence electrons. The predicted molar refractivity (Wildman–Crippen MR) is 114 cm³/mol. The van der Waals surface area contributed by atoms with Gasteiger partial charge in [0, 0.05) is 44.6 Å². The number of H-pyrrole nitrogens is 1. The fourth-order valence-corrected chi connectivity index (χ4v) is 3.34. The number of hydrogen-bond donors (Lipinski definition) is 2. The lowest BCUT2D eigenvalue weighted by atomic mass is 10.2. The molecule has 1 saturated heterocycles. The summed E-state index contributed by atoms with van der Waals surface area (Å²) in [6.07, 6.45) is -7.48. The Morgan fingerprint density at radius 3 is 2.30 bits per heavy atom. The Balaban J connectivity index is 1.49. The summed E-state index contributed by atoms with van der Waals surface area (Å²) in [5.41, 5.74) is -4.63. The number of amides is 1. The number of alkyl halides is 6. The average molecular weight is 539 g/mol. The Hall–Kier alpha value is -3.92. The number of carbonyl (C=O) groups is 1. The van der Waals surface area contributed by atoms with Crippen LogP contribution in [0.3, 0.4) is 0 Å². The molecule has 1 atom stereocenters. The first-order chi connectivity index (χ1) is 17.3. The zero-order valence-electron chi connectivity index (χ0n) is 19.0. The number of ether oxygens (including phenoxy) is 1. The van der Waals surface area contributed by atoms with E-state index in [0.717, 1.165) is 12.3 Å². The van der Waals surface area contributed by atoms with Crippen molar-refractivity contribution in [3.05, 3.63) is 52.0 Å². The first-order valence-corrected chi connectivity index (χ1v) is 10.6. The smallest absolute Gasteiger partial charge is 0.423 e. The van der Waals surface area contributed by atoms with E-state index in [2.05, 4.69) is 20.4 Å². The third kappa shape index (κ3) is 7.29. The summed E-state index contributed by atoms with van der Waals surface area (Å²) in [7, 11) is 0. The van der Waals surface area contributed by atoms with Gasteiger partial charge in [0.2, 0.25) is 5.95 Å². The Kier molecular flexibility index (Phi) is 8.22. The van der Waals surface area contributed by atoms with Crippen LogP contribution in [0.2, 0.25) is 0 Å². The van der Waals surface area contributed by atoms with Crippen LogP contribution < -0.4 is 15.8 Å². The van der Waals surface area contributed by atoms with Gasteiger partial charge in [-0.05, 0) is 13.0 Å². The van der Waals surface area contributed by atoms with Crippen LogP contribution in [0.4, 0.5) is 47.2 Å². The van der Waals surface area contributed by atoms with Crippen molar-refractivity contribution in [3.63, 3.8) is 0 Å². The molecule has 1 fully saturated rings. The molecular weight excluding hydrogens is 519 g/mol. The second kappa shape index (κ2) is 11.0. The number of anilines is 2. The lowest BCUT2D eigenvalue weighted by molar-refractivity contribution is -0.139. The van der Waals surface area contributed by atoms with E-state index in [1.54, 1.807) is 10.00 Å². The minimum absolute atomic E-state index is 0.0563. The third-order valence-electron chi connectivity index (χ3n) is 5.07. The third-order valence-corrected chi connectivity index (χ3v) is 5.07. The molecule has 3 rings (SSSR count). The normalized spacial score (nSPS) is 15.9. The number of nitrogens with zero attached hydrogens (tertiary/aromatic N) is 5. The molecule has 2 N–H and O–H groups in total. The van der Waals surface area contributed by atoms with E-state index in [4.69, 9.17) is 4.74 Å². The van der Waals surface area contributed by atoms with Gasteiger partial charge in [0.15, 0.2) is 0 Å². The van der Waals surface area contributed by atoms with Gasteiger partial charge in [-0.25, -0.2) is 24.3 Å². The molecule has 0 bridgehead atoms. The zero-order valence-corrected chi connectivity index (χ0v) is 19.0. The van der Waals surface area contributed by atoms with E-state index in [1.165, 1.54) is 11.8 Å². The predicted octanol–water partition coefficient (Wildman–Crippen LogP) is 3.21. The highest BCUT2D eigenvalue weighted by Crippen LogP contribution is 2.32. The number of carbonyl (C=O) groups excluding carboxylic acids is 1. The number of nitrogens with one attached hydrogen (secondary N) is 2. The number of hydrogen-bond acceptors (Lipinski definition) is 8. The minimum Gasteiger partial charge on any atom is -0.442 e. The van der Waals surface area contributed by atoms with E-state index in [9.17, 15) is 40.3 Å². The fraction of sp³-hybridized carbons (Fsp3) is 0.450. The molecule has 0 aliphatic carbocycles. The van der Waals surface area contributed by atoms with Crippen LogP contribution in [0.1, 0.15) is 18.1 Å². The standard InChI is InChI=1S/C20H20F7N7O3/c1-11(31-14-9-30-32-16(35)15(14)20(25,26)27)6-13(21)10-37-18(36)34-4-2-33(3-5-34)17-28-7-12(8-29-17)19(22,23)24/h6-9,11H,2-5,10H2,1H3,(H2,31,32,35)/b13-6-. The molecule has 3 heterocycles. The highest BCUT2D eigenvalue weighted by atomic mass is 19.4.